The predicted molar refractivity (Wildman–Crippen MR) is 106 cm³/mol. The average Bonchev–Trinajstić information content (AvgIpc) is 3.13. The van der Waals surface area contributed by atoms with E-state index in [0.29, 0.717) is 17.1 Å². The largest absolute Gasteiger partial charge is 0.493 e. The van der Waals surface area contributed by atoms with Gasteiger partial charge in [0.15, 0.2) is 17.1 Å². The number of nitrogens with zero attached hydrogens (tertiary/aromatic N) is 3. The maximum Gasteiger partial charge on any atom is 0.279 e. The number of carbonyl (C=O) groups excluding carboxylic acids is 1. The Hall–Kier alpha value is -3.42. The Morgan fingerprint density at radius 2 is 2.00 bits per heavy atom. The van der Waals surface area contributed by atoms with Crippen LogP contribution in [0.3, 0.4) is 0 Å². The molecule has 0 bridgehead atoms. The van der Waals surface area contributed by atoms with Gasteiger partial charge < -0.3 is 14.8 Å². The van der Waals surface area contributed by atoms with E-state index < -0.39 is 0 Å². The molecule has 29 heavy (non-hydrogen) atoms. The van der Waals surface area contributed by atoms with Crippen LogP contribution in [0.5, 0.6) is 11.5 Å². The first-order valence-corrected chi connectivity index (χ1v) is 9.48. The SMILES string of the molecule is COc1cc2c(cc1OC)[C@H](NC(=O)CCc1nnc3ccccn3c1=O)CC2. The van der Waals surface area contributed by atoms with Crippen molar-refractivity contribution in [1.29, 1.82) is 0 Å². The number of hydrogen-bond acceptors (Lipinski definition) is 6. The average molecular weight is 394 g/mol. The van der Waals surface area contributed by atoms with Gasteiger partial charge in [-0.25, -0.2) is 0 Å². The lowest BCUT2D eigenvalue weighted by Crippen LogP contribution is -2.29. The number of ether oxygens (including phenoxy) is 2. The second kappa shape index (κ2) is 7.90. The van der Waals surface area contributed by atoms with Gasteiger partial charge in [-0.2, -0.15) is 0 Å². The van der Waals surface area contributed by atoms with Crippen molar-refractivity contribution in [2.24, 2.45) is 0 Å². The van der Waals surface area contributed by atoms with Gasteiger partial charge in [-0.15, -0.1) is 10.2 Å². The molecule has 2 heterocycles. The topological polar surface area (TPSA) is 94.8 Å². The third-order valence-electron chi connectivity index (χ3n) is 5.22. The number of aromatic nitrogens is 3. The van der Waals surface area contributed by atoms with Crippen LogP contribution in [0.2, 0.25) is 0 Å². The van der Waals surface area contributed by atoms with Gasteiger partial charge in [-0.1, -0.05) is 6.07 Å². The molecule has 1 atom stereocenters. The summed E-state index contributed by atoms with van der Waals surface area (Å²) in [6.07, 6.45) is 3.73. The van der Waals surface area contributed by atoms with Gasteiger partial charge in [-0.05, 0) is 48.2 Å². The highest BCUT2D eigenvalue weighted by molar-refractivity contribution is 5.77. The first-order chi connectivity index (χ1) is 14.1. The van der Waals surface area contributed by atoms with Gasteiger partial charge in [0.25, 0.3) is 5.56 Å². The van der Waals surface area contributed by atoms with Crippen LogP contribution in [0.25, 0.3) is 5.65 Å². The molecule has 3 aromatic rings. The number of aryl methyl sites for hydroxylation is 2. The molecule has 2 aromatic heterocycles. The number of fused-ring (bicyclic) bond motifs is 2. The van der Waals surface area contributed by atoms with E-state index in [0.717, 1.165) is 24.0 Å². The van der Waals surface area contributed by atoms with E-state index in [9.17, 15) is 9.59 Å². The summed E-state index contributed by atoms with van der Waals surface area (Å²) in [7, 11) is 3.20. The molecule has 0 fully saturated rings. The van der Waals surface area contributed by atoms with Gasteiger partial charge in [-0.3, -0.25) is 14.0 Å². The van der Waals surface area contributed by atoms with Gasteiger partial charge in [0.05, 0.1) is 20.3 Å². The number of benzene rings is 1. The second-order valence-corrected chi connectivity index (χ2v) is 6.95. The van der Waals surface area contributed by atoms with E-state index in [2.05, 4.69) is 15.5 Å². The van der Waals surface area contributed by atoms with Crippen molar-refractivity contribution in [3.05, 3.63) is 63.7 Å². The Morgan fingerprint density at radius 1 is 1.21 bits per heavy atom. The zero-order valence-corrected chi connectivity index (χ0v) is 16.3. The van der Waals surface area contributed by atoms with Crippen LogP contribution in [0.1, 0.15) is 35.7 Å². The third-order valence-corrected chi connectivity index (χ3v) is 5.22. The van der Waals surface area contributed by atoms with E-state index in [4.69, 9.17) is 9.47 Å². The molecule has 1 aromatic carbocycles. The Morgan fingerprint density at radius 3 is 2.79 bits per heavy atom. The van der Waals surface area contributed by atoms with Gasteiger partial charge in [0.2, 0.25) is 5.91 Å². The summed E-state index contributed by atoms with van der Waals surface area (Å²) in [5.74, 6) is 1.21. The maximum absolute atomic E-state index is 12.5. The summed E-state index contributed by atoms with van der Waals surface area (Å²) in [4.78, 5) is 25.0. The van der Waals surface area contributed by atoms with Crippen molar-refractivity contribution in [3.63, 3.8) is 0 Å². The quantitative estimate of drug-likeness (QED) is 0.686. The standard InChI is InChI=1S/C21H22N4O4/c1-28-17-11-13-6-7-15(14(13)12-18(17)29-2)22-20(26)9-8-16-21(27)25-10-4-3-5-19(25)24-23-16/h3-5,10-12,15H,6-9H2,1-2H3,(H,22,26)/t15-/m1/s1. The fourth-order valence-corrected chi connectivity index (χ4v) is 3.72. The van der Waals surface area contributed by atoms with Crippen LogP contribution in [-0.2, 0) is 17.6 Å². The Labute approximate surface area is 167 Å². The van der Waals surface area contributed by atoms with Crippen LogP contribution in [0.15, 0.2) is 41.3 Å². The fourth-order valence-electron chi connectivity index (χ4n) is 3.72. The molecule has 0 saturated heterocycles. The van der Waals surface area contributed by atoms with Crippen molar-refractivity contribution in [2.45, 2.75) is 31.7 Å². The molecule has 1 aliphatic rings. The first kappa shape index (κ1) is 18.9. The van der Waals surface area contributed by atoms with E-state index >= 15 is 0 Å². The van der Waals surface area contributed by atoms with Crippen molar-refractivity contribution in [3.8, 4) is 11.5 Å². The summed E-state index contributed by atoms with van der Waals surface area (Å²) < 4.78 is 12.2. The first-order valence-electron chi connectivity index (χ1n) is 9.48. The molecule has 1 N–H and O–H groups in total. The Bertz CT molecular complexity index is 1130. The minimum Gasteiger partial charge on any atom is -0.493 e. The van der Waals surface area contributed by atoms with E-state index in [1.54, 1.807) is 38.6 Å². The highest BCUT2D eigenvalue weighted by Crippen LogP contribution is 2.39. The van der Waals surface area contributed by atoms with Crippen molar-refractivity contribution in [2.75, 3.05) is 14.2 Å². The number of pyridine rings is 1. The molecule has 1 aliphatic carbocycles. The van der Waals surface area contributed by atoms with Crippen molar-refractivity contribution < 1.29 is 14.3 Å². The minimum atomic E-state index is -0.244. The lowest BCUT2D eigenvalue weighted by molar-refractivity contribution is -0.121. The molecule has 4 rings (SSSR count). The molecular formula is C21H22N4O4. The predicted octanol–water partition coefficient (Wildman–Crippen LogP) is 1.84. The Kier molecular flexibility index (Phi) is 5.16. The molecule has 0 unspecified atom stereocenters. The molecular weight excluding hydrogens is 372 g/mol. The van der Waals surface area contributed by atoms with Gasteiger partial charge in [0, 0.05) is 19.0 Å². The van der Waals surface area contributed by atoms with E-state index in [-0.39, 0.29) is 36.0 Å². The third kappa shape index (κ3) is 3.65. The lowest BCUT2D eigenvalue weighted by atomic mass is 10.1. The monoisotopic (exact) mass is 394 g/mol. The fraction of sp³-hybridized carbons (Fsp3) is 0.333. The second-order valence-electron chi connectivity index (χ2n) is 6.95. The number of methoxy groups -OCH3 is 2. The van der Waals surface area contributed by atoms with Gasteiger partial charge >= 0.3 is 0 Å². The minimum absolute atomic E-state index is 0.0823. The van der Waals surface area contributed by atoms with Gasteiger partial charge in [0.1, 0.15) is 5.69 Å². The number of nitrogens with one attached hydrogen (secondary N) is 1. The molecule has 0 saturated carbocycles. The molecule has 1 amide bonds. The number of carbonyl (C=O) groups is 1. The lowest BCUT2D eigenvalue weighted by Gasteiger charge is -2.16. The summed E-state index contributed by atoms with van der Waals surface area (Å²) in [5, 5.41) is 11.1. The highest BCUT2D eigenvalue weighted by atomic mass is 16.5. The Balaban J connectivity index is 1.44. The smallest absolute Gasteiger partial charge is 0.279 e. The number of amides is 1. The molecule has 0 radical (unpaired) electrons. The number of rotatable bonds is 6. The number of hydrogen-bond donors (Lipinski definition) is 1. The normalized spacial score (nSPS) is 15.2. The summed E-state index contributed by atoms with van der Waals surface area (Å²) in [6.45, 7) is 0. The maximum atomic E-state index is 12.5. The molecule has 0 spiro atoms. The van der Waals surface area contributed by atoms with Crippen LogP contribution in [0, 0.1) is 0 Å². The van der Waals surface area contributed by atoms with Crippen LogP contribution in [-0.4, -0.2) is 34.7 Å². The van der Waals surface area contributed by atoms with E-state index in [1.165, 1.54) is 4.40 Å². The summed E-state index contributed by atoms with van der Waals surface area (Å²) >= 11 is 0. The van der Waals surface area contributed by atoms with E-state index in [1.807, 2.05) is 12.1 Å². The molecule has 8 nitrogen and oxygen atoms in total. The van der Waals surface area contributed by atoms with Crippen molar-refractivity contribution in [1.82, 2.24) is 19.9 Å². The summed E-state index contributed by atoms with van der Waals surface area (Å²) in [5.41, 5.74) is 2.71. The molecule has 8 heteroatoms. The zero-order valence-electron chi connectivity index (χ0n) is 16.3. The van der Waals surface area contributed by atoms with Crippen molar-refractivity contribution >= 4 is 11.6 Å². The molecule has 150 valence electrons. The summed E-state index contributed by atoms with van der Waals surface area (Å²) in [6, 6.07) is 9.07. The van der Waals surface area contributed by atoms with Crippen LogP contribution >= 0.6 is 0 Å². The zero-order chi connectivity index (χ0) is 20.4. The van der Waals surface area contributed by atoms with Crippen LogP contribution in [0.4, 0.5) is 0 Å². The highest BCUT2D eigenvalue weighted by Gasteiger charge is 2.26. The van der Waals surface area contributed by atoms with Crippen LogP contribution < -0.4 is 20.3 Å². The molecule has 0 aliphatic heterocycles.